The van der Waals surface area contributed by atoms with E-state index < -0.39 is 5.54 Å². The Kier molecular flexibility index (Phi) is 3.44. The van der Waals surface area contributed by atoms with Gasteiger partial charge in [0.15, 0.2) is 0 Å². The maximum Gasteiger partial charge on any atom is 0.308 e. The lowest BCUT2D eigenvalue weighted by atomic mass is 9.78. The summed E-state index contributed by atoms with van der Waals surface area (Å²) in [6.45, 7) is 6.29. The summed E-state index contributed by atoms with van der Waals surface area (Å²) in [6, 6.07) is 12.6. The number of benzene rings is 2. The van der Waals surface area contributed by atoms with Gasteiger partial charge in [0.1, 0.15) is 0 Å². The highest BCUT2D eigenvalue weighted by atomic mass is 16.5. The molecule has 2 aromatic carbocycles. The van der Waals surface area contributed by atoms with E-state index in [0.29, 0.717) is 6.42 Å². The quantitative estimate of drug-likeness (QED) is 0.845. The molecule has 22 heavy (non-hydrogen) atoms. The minimum absolute atomic E-state index is 0.210. The third-order valence-corrected chi connectivity index (χ3v) is 4.58. The van der Waals surface area contributed by atoms with Crippen LogP contribution < -0.4 is 5.32 Å². The van der Waals surface area contributed by atoms with Gasteiger partial charge in [0.2, 0.25) is 0 Å². The fraction of sp³-hybridized carbons (Fsp3) is 0.316. The van der Waals surface area contributed by atoms with Crippen LogP contribution in [0.4, 0.5) is 5.69 Å². The maximum atomic E-state index is 11.9. The molecule has 1 unspecified atom stereocenters. The molecule has 0 saturated carbocycles. The molecule has 0 saturated heterocycles. The van der Waals surface area contributed by atoms with E-state index in [0.717, 1.165) is 11.3 Å². The number of hydrogen-bond donors (Lipinski definition) is 1. The van der Waals surface area contributed by atoms with Crippen LogP contribution in [-0.4, -0.2) is 13.1 Å². The molecule has 1 aliphatic heterocycles. The first-order chi connectivity index (χ1) is 10.4. The van der Waals surface area contributed by atoms with Gasteiger partial charge in [-0.2, -0.15) is 0 Å². The predicted molar refractivity (Wildman–Crippen MR) is 89.0 cm³/mol. The van der Waals surface area contributed by atoms with Crippen LogP contribution in [-0.2, 0) is 15.1 Å². The van der Waals surface area contributed by atoms with Crippen LogP contribution in [0.2, 0.25) is 0 Å². The van der Waals surface area contributed by atoms with Gasteiger partial charge in [0.05, 0.1) is 19.1 Å². The second kappa shape index (κ2) is 5.16. The van der Waals surface area contributed by atoms with Gasteiger partial charge in [0.25, 0.3) is 0 Å². The lowest BCUT2D eigenvalue weighted by molar-refractivity contribution is -0.141. The molecule has 0 aliphatic carbocycles. The molecule has 114 valence electrons. The van der Waals surface area contributed by atoms with Crippen LogP contribution in [0.25, 0.3) is 11.1 Å². The third kappa shape index (κ3) is 2.27. The molecular weight excluding hydrogens is 274 g/mol. The van der Waals surface area contributed by atoms with Gasteiger partial charge >= 0.3 is 5.97 Å². The first-order valence-electron chi connectivity index (χ1n) is 7.51. The zero-order chi connectivity index (χ0) is 15.9. The van der Waals surface area contributed by atoms with Gasteiger partial charge in [-0.3, -0.25) is 4.79 Å². The standard InChI is InChI=1S/C19H21NO2/c1-12-9-15-14-7-5-6-8-17(14)20-19(3,11-18(21)22-4)16(15)10-13(12)2/h5-10,20H,11H2,1-4H3. The topological polar surface area (TPSA) is 38.3 Å². The number of fused-ring (bicyclic) bond motifs is 3. The monoisotopic (exact) mass is 295 g/mol. The van der Waals surface area contributed by atoms with E-state index in [1.54, 1.807) is 0 Å². The number of ether oxygens (including phenoxy) is 1. The second-order valence-corrected chi connectivity index (χ2v) is 6.24. The smallest absolute Gasteiger partial charge is 0.308 e. The summed E-state index contributed by atoms with van der Waals surface area (Å²) >= 11 is 0. The fourth-order valence-corrected chi connectivity index (χ4v) is 3.19. The van der Waals surface area contributed by atoms with Gasteiger partial charge in [0, 0.05) is 11.3 Å². The molecule has 3 heteroatoms. The van der Waals surface area contributed by atoms with Crippen LogP contribution in [0, 0.1) is 13.8 Å². The summed E-state index contributed by atoms with van der Waals surface area (Å²) in [5.74, 6) is -0.210. The molecular formula is C19H21NO2. The molecule has 0 bridgehead atoms. The van der Waals surface area contributed by atoms with Crippen molar-refractivity contribution in [3.8, 4) is 11.1 Å². The molecule has 0 aromatic heterocycles. The van der Waals surface area contributed by atoms with Crippen molar-refractivity contribution in [2.45, 2.75) is 32.7 Å². The van der Waals surface area contributed by atoms with Crippen LogP contribution in [0.3, 0.4) is 0 Å². The normalized spacial score (nSPS) is 18.9. The molecule has 1 heterocycles. The van der Waals surface area contributed by atoms with Gasteiger partial charge < -0.3 is 10.1 Å². The Hall–Kier alpha value is -2.29. The number of anilines is 1. The van der Waals surface area contributed by atoms with Crippen LogP contribution in [0.1, 0.15) is 30.0 Å². The second-order valence-electron chi connectivity index (χ2n) is 6.24. The molecule has 0 spiro atoms. The lowest BCUT2D eigenvalue weighted by Gasteiger charge is -2.39. The van der Waals surface area contributed by atoms with Crippen molar-refractivity contribution in [3.63, 3.8) is 0 Å². The average molecular weight is 295 g/mol. The number of hydrogen-bond acceptors (Lipinski definition) is 3. The summed E-state index contributed by atoms with van der Waals surface area (Å²) in [6.07, 6.45) is 0.299. The summed E-state index contributed by atoms with van der Waals surface area (Å²) in [7, 11) is 1.43. The van der Waals surface area contributed by atoms with Crippen molar-refractivity contribution in [2.24, 2.45) is 0 Å². The SMILES string of the molecule is COC(=O)CC1(C)Nc2ccccc2-c2cc(C)c(C)cc21. The Bertz CT molecular complexity index is 751. The largest absolute Gasteiger partial charge is 0.469 e. The van der Waals surface area contributed by atoms with Crippen molar-refractivity contribution >= 4 is 11.7 Å². The van der Waals surface area contributed by atoms with Crippen molar-refractivity contribution < 1.29 is 9.53 Å². The third-order valence-electron chi connectivity index (χ3n) is 4.58. The lowest BCUT2D eigenvalue weighted by Crippen LogP contribution is -2.38. The number of methoxy groups -OCH3 is 1. The number of para-hydroxylation sites is 1. The Balaban J connectivity index is 2.23. The van der Waals surface area contributed by atoms with Crippen LogP contribution >= 0.6 is 0 Å². The van der Waals surface area contributed by atoms with E-state index >= 15 is 0 Å². The zero-order valence-electron chi connectivity index (χ0n) is 13.5. The number of esters is 1. The minimum Gasteiger partial charge on any atom is -0.469 e. The fourth-order valence-electron chi connectivity index (χ4n) is 3.19. The molecule has 3 rings (SSSR count). The number of rotatable bonds is 2. The molecule has 0 fully saturated rings. The number of aryl methyl sites for hydroxylation is 2. The highest BCUT2D eigenvalue weighted by molar-refractivity contribution is 5.87. The van der Waals surface area contributed by atoms with E-state index in [1.165, 1.54) is 29.4 Å². The van der Waals surface area contributed by atoms with E-state index in [1.807, 2.05) is 12.1 Å². The number of nitrogens with one attached hydrogen (secondary N) is 1. The molecule has 0 amide bonds. The van der Waals surface area contributed by atoms with Gasteiger partial charge in [-0.05, 0) is 49.1 Å². The predicted octanol–water partition coefficient (Wildman–Crippen LogP) is 4.17. The average Bonchev–Trinajstić information content (AvgIpc) is 2.49. The Morgan fingerprint density at radius 3 is 2.55 bits per heavy atom. The Morgan fingerprint density at radius 1 is 1.14 bits per heavy atom. The van der Waals surface area contributed by atoms with Crippen molar-refractivity contribution in [1.82, 2.24) is 0 Å². The zero-order valence-corrected chi connectivity index (χ0v) is 13.5. The highest BCUT2D eigenvalue weighted by Crippen LogP contribution is 2.45. The van der Waals surface area contributed by atoms with Crippen LogP contribution in [0.5, 0.6) is 0 Å². The molecule has 0 radical (unpaired) electrons. The van der Waals surface area contributed by atoms with E-state index in [-0.39, 0.29) is 5.97 Å². The summed E-state index contributed by atoms with van der Waals surface area (Å²) in [5, 5.41) is 3.54. The molecule has 1 aliphatic rings. The molecule has 2 aromatic rings. The molecule has 3 nitrogen and oxygen atoms in total. The van der Waals surface area contributed by atoms with Gasteiger partial charge in [-0.15, -0.1) is 0 Å². The van der Waals surface area contributed by atoms with Crippen molar-refractivity contribution in [2.75, 3.05) is 12.4 Å². The van der Waals surface area contributed by atoms with Crippen molar-refractivity contribution in [1.29, 1.82) is 0 Å². The minimum atomic E-state index is -0.463. The van der Waals surface area contributed by atoms with Crippen LogP contribution in [0.15, 0.2) is 36.4 Å². The summed E-state index contributed by atoms with van der Waals surface area (Å²) < 4.78 is 4.90. The van der Waals surface area contributed by atoms with E-state index in [4.69, 9.17) is 4.74 Å². The van der Waals surface area contributed by atoms with Gasteiger partial charge in [-0.25, -0.2) is 0 Å². The number of carbonyl (C=O) groups excluding carboxylic acids is 1. The summed E-state index contributed by atoms with van der Waals surface area (Å²) in [4.78, 5) is 11.9. The molecule has 1 N–H and O–H groups in total. The first-order valence-corrected chi connectivity index (χ1v) is 7.51. The Labute approximate surface area is 131 Å². The highest BCUT2D eigenvalue weighted by Gasteiger charge is 2.36. The van der Waals surface area contributed by atoms with Gasteiger partial charge in [-0.1, -0.05) is 30.3 Å². The van der Waals surface area contributed by atoms with E-state index in [2.05, 4.69) is 50.4 Å². The molecule has 1 atom stereocenters. The van der Waals surface area contributed by atoms with E-state index in [9.17, 15) is 4.79 Å². The number of carbonyl (C=O) groups is 1. The summed E-state index contributed by atoms with van der Waals surface area (Å²) in [5.41, 5.74) is 6.62. The van der Waals surface area contributed by atoms with Crippen molar-refractivity contribution in [3.05, 3.63) is 53.1 Å². The maximum absolute atomic E-state index is 11.9. The Morgan fingerprint density at radius 2 is 1.82 bits per heavy atom. The first kappa shape index (κ1) is 14.6.